The summed E-state index contributed by atoms with van der Waals surface area (Å²) in [5, 5.41) is 13.1. The van der Waals surface area contributed by atoms with E-state index in [-0.39, 0.29) is 42.8 Å². The van der Waals surface area contributed by atoms with Gasteiger partial charge in [0.15, 0.2) is 0 Å². The molecule has 2 rings (SSSR count). The fourth-order valence-electron chi connectivity index (χ4n) is 2.87. The van der Waals surface area contributed by atoms with Crippen LogP contribution < -0.4 is 10.4 Å². The quantitative estimate of drug-likeness (QED) is 0.720. The summed E-state index contributed by atoms with van der Waals surface area (Å²) in [5.41, 5.74) is 0.126. The number of benzene rings is 1. The first kappa shape index (κ1) is 20.3. The van der Waals surface area contributed by atoms with Gasteiger partial charge in [-0.15, -0.1) is 0 Å². The zero-order chi connectivity index (χ0) is 20.1. The Morgan fingerprint density at radius 3 is 2.63 bits per heavy atom. The summed E-state index contributed by atoms with van der Waals surface area (Å²) >= 11 is 0. The van der Waals surface area contributed by atoms with Gasteiger partial charge in [0, 0.05) is 29.8 Å². The van der Waals surface area contributed by atoms with Gasteiger partial charge in [0.05, 0.1) is 18.2 Å². The molecule has 1 N–H and O–H groups in total. The standard InChI is InChI=1S/C18H20F2N2O5/c1-3-27-17(25)15-10(2)22(8-4-5-14(23)24)18(26)21-16(15)12-7-6-11(19)9-13(12)20/h6-7,9,16H,3-5,8H2,1-2H3,(H,21,26)(H,23,24)/p-1/t16-/m1/s1. The average Bonchev–Trinajstić information content (AvgIpc) is 2.57. The number of hydrogen-bond donors (Lipinski definition) is 1. The first-order valence-electron chi connectivity index (χ1n) is 8.37. The Labute approximate surface area is 154 Å². The Hall–Kier alpha value is -2.97. The molecule has 0 fully saturated rings. The van der Waals surface area contributed by atoms with E-state index < -0.39 is 35.6 Å². The zero-order valence-electron chi connectivity index (χ0n) is 14.9. The van der Waals surface area contributed by atoms with Crippen LogP contribution in [0.25, 0.3) is 0 Å². The summed E-state index contributed by atoms with van der Waals surface area (Å²) < 4.78 is 32.5. The fraction of sp³-hybridized carbons (Fsp3) is 0.389. The number of carbonyl (C=O) groups excluding carboxylic acids is 3. The van der Waals surface area contributed by atoms with Crippen LogP contribution in [0.4, 0.5) is 13.6 Å². The third kappa shape index (κ3) is 4.60. The number of urea groups is 1. The highest BCUT2D eigenvalue weighted by Gasteiger charge is 2.37. The van der Waals surface area contributed by atoms with Crippen molar-refractivity contribution in [2.45, 2.75) is 32.7 Å². The molecular weight excluding hydrogens is 362 g/mol. The maximum atomic E-state index is 14.2. The van der Waals surface area contributed by atoms with E-state index in [0.29, 0.717) is 6.07 Å². The third-order valence-electron chi connectivity index (χ3n) is 4.13. The molecule has 0 saturated heterocycles. The molecule has 0 spiro atoms. The number of allylic oxidation sites excluding steroid dienone is 1. The van der Waals surface area contributed by atoms with Gasteiger partial charge in [-0.3, -0.25) is 4.90 Å². The van der Waals surface area contributed by atoms with Crippen LogP contribution in [-0.2, 0) is 14.3 Å². The molecule has 1 aliphatic rings. The van der Waals surface area contributed by atoms with Gasteiger partial charge < -0.3 is 20.0 Å². The van der Waals surface area contributed by atoms with E-state index in [9.17, 15) is 28.3 Å². The Morgan fingerprint density at radius 2 is 2.04 bits per heavy atom. The number of carboxylic acids is 1. The molecule has 0 unspecified atom stereocenters. The molecular formula is C18H19F2N2O5-. The highest BCUT2D eigenvalue weighted by atomic mass is 19.1. The predicted octanol–water partition coefficient (Wildman–Crippen LogP) is 1.40. The highest BCUT2D eigenvalue weighted by molar-refractivity contribution is 5.95. The molecule has 1 aliphatic heterocycles. The molecule has 0 aliphatic carbocycles. The van der Waals surface area contributed by atoms with Crippen molar-refractivity contribution in [1.29, 1.82) is 0 Å². The van der Waals surface area contributed by atoms with E-state index >= 15 is 0 Å². The molecule has 1 aromatic rings. The van der Waals surface area contributed by atoms with Gasteiger partial charge in [-0.1, -0.05) is 6.07 Å². The van der Waals surface area contributed by atoms with Crippen molar-refractivity contribution in [3.05, 3.63) is 46.7 Å². The largest absolute Gasteiger partial charge is 0.550 e. The second kappa shape index (κ2) is 8.61. The maximum Gasteiger partial charge on any atom is 0.338 e. The lowest BCUT2D eigenvalue weighted by atomic mass is 9.94. The molecule has 146 valence electrons. The van der Waals surface area contributed by atoms with Crippen LogP contribution in [0.3, 0.4) is 0 Å². The number of rotatable bonds is 7. The van der Waals surface area contributed by atoms with Crippen LogP contribution in [0.2, 0.25) is 0 Å². The summed E-state index contributed by atoms with van der Waals surface area (Å²) in [6.45, 7) is 3.17. The molecule has 7 nitrogen and oxygen atoms in total. The Bertz CT molecular complexity index is 794. The second-order valence-electron chi connectivity index (χ2n) is 5.90. The topological polar surface area (TPSA) is 98.8 Å². The monoisotopic (exact) mass is 381 g/mol. The van der Waals surface area contributed by atoms with E-state index in [1.807, 2.05) is 0 Å². The maximum absolute atomic E-state index is 14.2. The van der Waals surface area contributed by atoms with Gasteiger partial charge >= 0.3 is 12.0 Å². The van der Waals surface area contributed by atoms with Crippen LogP contribution in [0, 0.1) is 11.6 Å². The minimum absolute atomic E-state index is 0.00425. The molecule has 0 saturated carbocycles. The van der Waals surface area contributed by atoms with Gasteiger partial charge in [-0.05, 0) is 32.8 Å². The Morgan fingerprint density at radius 1 is 1.33 bits per heavy atom. The predicted molar refractivity (Wildman–Crippen MR) is 87.9 cm³/mol. The molecule has 0 bridgehead atoms. The highest BCUT2D eigenvalue weighted by Crippen LogP contribution is 2.33. The number of aliphatic carboxylic acids is 1. The van der Waals surface area contributed by atoms with Gasteiger partial charge in [-0.25, -0.2) is 18.4 Å². The summed E-state index contributed by atoms with van der Waals surface area (Å²) in [7, 11) is 0. The first-order valence-corrected chi connectivity index (χ1v) is 8.37. The average molecular weight is 381 g/mol. The summed E-state index contributed by atoms with van der Waals surface area (Å²) in [4.78, 5) is 36.6. The van der Waals surface area contributed by atoms with Crippen molar-refractivity contribution >= 4 is 18.0 Å². The van der Waals surface area contributed by atoms with E-state index in [2.05, 4.69) is 5.32 Å². The normalized spacial score (nSPS) is 17.0. The van der Waals surface area contributed by atoms with E-state index in [1.54, 1.807) is 6.92 Å². The number of hydrogen-bond acceptors (Lipinski definition) is 5. The molecule has 9 heteroatoms. The number of nitrogens with zero attached hydrogens (tertiary/aromatic N) is 1. The van der Waals surface area contributed by atoms with Crippen molar-refractivity contribution in [1.82, 2.24) is 10.2 Å². The number of ether oxygens (including phenoxy) is 1. The van der Waals surface area contributed by atoms with E-state index in [0.717, 1.165) is 12.1 Å². The van der Waals surface area contributed by atoms with Crippen molar-refractivity contribution in [3.63, 3.8) is 0 Å². The van der Waals surface area contributed by atoms with Gasteiger partial charge in [0.25, 0.3) is 0 Å². The van der Waals surface area contributed by atoms with Crippen molar-refractivity contribution in [2.75, 3.05) is 13.2 Å². The lowest BCUT2D eigenvalue weighted by Gasteiger charge is -2.35. The number of nitrogens with one attached hydrogen (secondary N) is 1. The Balaban J connectivity index is 2.44. The second-order valence-corrected chi connectivity index (χ2v) is 5.90. The first-order chi connectivity index (χ1) is 12.8. The minimum Gasteiger partial charge on any atom is -0.550 e. The van der Waals surface area contributed by atoms with E-state index in [1.165, 1.54) is 11.8 Å². The smallest absolute Gasteiger partial charge is 0.338 e. The molecule has 1 heterocycles. The van der Waals surface area contributed by atoms with E-state index in [4.69, 9.17) is 4.74 Å². The number of amides is 2. The number of carbonyl (C=O) groups is 3. The molecule has 1 atom stereocenters. The van der Waals surface area contributed by atoms with Gasteiger partial charge in [0.1, 0.15) is 11.6 Å². The summed E-state index contributed by atoms with van der Waals surface area (Å²) in [6, 6.07) is 1.04. The Kier molecular flexibility index (Phi) is 6.49. The number of halogens is 2. The minimum atomic E-state index is -1.26. The van der Waals surface area contributed by atoms with Crippen LogP contribution in [0.15, 0.2) is 29.5 Å². The molecule has 0 aromatic heterocycles. The van der Waals surface area contributed by atoms with Gasteiger partial charge in [-0.2, -0.15) is 0 Å². The molecule has 1 aromatic carbocycles. The lowest BCUT2D eigenvalue weighted by molar-refractivity contribution is -0.305. The van der Waals surface area contributed by atoms with Crippen molar-refractivity contribution < 1.29 is 33.0 Å². The van der Waals surface area contributed by atoms with Crippen LogP contribution in [0.5, 0.6) is 0 Å². The number of esters is 1. The van der Waals surface area contributed by atoms with Crippen LogP contribution in [0.1, 0.15) is 38.3 Å². The molecule has 0 radical (unpaired) electrons. The SMILES string of the molecule is CCOC(=O)C1=C(C)N(CCCC(=O)[O-])C(=O)N[C@@H]1c1ccc(F)cc1F. The fourth-order valence-corrected chi connectivity index (χ4v) is 2.87. The summed E-state index contributed by atoms with van der Waals surface area (Å²) in [6.07, 6.45) is -0.152. The van der Waals surface area contributed by atoms with Gasteiger partial charge in [0.2, 0.25) is 0 Å². The lowest BCUT2D eigenvalue weighted by Crippen LogP contribution is -2.48. The molecule has 27 heavy (non-hydrogen) atoms. The van der Waals surface area contributed by atoms with Crippen LogP contribution >= 0.6 is 0 Å². The van der Waals surface area contributed by atoms with Crippen LogP contribution in [-0.4, -0.2) is 36.0 Å². The zero-order valence-corrected chi connectivity index (χ0v) is 14.9. The van der Waals surface area contributed by atoms with Crippen molar-refractivity contribution in [3.8, 4) is 0 Å². The third-order valence-corrected chi connectivity index (χ3v) is 4.13. The van der Waals surface area contributed by atoms with Crippen molar-refractivity contribution in [2.24, 2.45) is 0 Å². The molecule has 2 amide bonds. The number of carboxylic acid groups (broad SMARTS) is 1. The summed E-state index contributed by atoms with van der Waals surface area (Å²) in [5.74, 6) is -3.72.